The molecule has 0 N–H and O–H groups in total. The van der Waals surface area contributed by atoms with Crippen molar-refractivity contribution in [3.05, 3.63) is 88.8 Å². The standard InChI is InChI=1S/C28H30N2O3.2ClH/c31-28-26-11-5-4-10-24(26)25-13-12-23(20-27(25)33-28)32-19-7-6-14-29-15-17-30(18-16-29)21-22-8-2-1-3-9-22;;/h1-5,8-13,20H,6-7,14-19,21H2;2*1H. The fourth-order valence-electron chi connectivity index (χ4n) is 4.59. The van der Waals surface area contributed by atoms with Crippen LogP contribution < -0.4 is 10.4 Å². The number of fused-ring (bicyclic) bond motifs is 3. The van der Waals surface area contributed by atoms with Crippen LogP contribution in [-0.4, -0.2) is 49.1 Å². The van der Waals surface area contributed by atoms with E-state index < -0.39 is 0 Å². The first-order valence-corrected chi connectivity index (χ1v) is 11.8. The van der Waals surface area contributed by atoms with E-state index in [0.29, 0.717) is 17.6 Å². The zero-order valence-corrected chi connectivity index (χ0v) is 21.4. The average molecular weight is 515 g/mol. The molecule has 5 rings (SSSR count). The quantitative estimate of drug-likeness (QED) is 0.170. The molecule has 0 atom stereocenters. The molecule has 1 saturated heterocycles. The summed E-state index contributed by atoms with van der Waals surface area (Å²) >= 11 is 0. The van der Waals surface area contributed by atoms with Gasteiger partial charge in [0.05, 0.1) is 12.0 Å². The Labute approximate surface area is 218 Å². The summed E-state index contributed by atoms with van der Waals surface area (Å²) in [5.74, 6) is 0.746. The van der Waals surface area contributed by atoms with Crippen LogP contribution in [0.4, 0.5) is 0 Å². The number of piperazine rings is 1. The molecule has 0 aliphatic carbocycles. The molecule has 1 fully saturated rings. The lowest BCUT2D eigenvalue weighted by Crippen LogP contribution is -2.46. The van der Waals surface area contributed by atoms with E-state index in [1.807, 2.05) is 36.4 Å². The topological polar surface area (TPSA) is 45.9 Å². The molecule has 0 spiro atoms. The molecule has 0 unspecified atom stereocenters. The van der Waals surface area contributed by atoms with Crippen LogP contribution in [-0.2, 0) is 6.54 Å². The van der Waals surface area contributed by atoms with Crippen LogP contribution in [0.1, 0.15) is 18.4 Å². The van der Waals surface area contributed by atoms with Crippen molar-refractivity contribution in [3.8, 4) is 5.75 Å². The number of unbranched alkanes of at least 4 members (excludes halogenated alkanes) is 1. The van der Waals surface area contributed by atoms with E-state index in [4.69, 9.17) is 9.15 Å². The lowest BCUT2D eigenvalue weighted by Gasteiger charge is -2.34. The maximum absolute atomic E-state index is 12.3. The highest BCUT2D eigenvalue weighted by Crippen LogP contribution is 2.26. The third-order valence-corrected chi connectivity index (χ3v) is 6.44. The van der Waals surface area contributed by atoms with E-state index in [1.165, 1.54) is 5.56 Å². The first-order chi connectivity index (χ1) is 16.3. The second-order valence-electron chi connectivity index (χ2n) is 8.75. The summed E-state index contributed by atoms with van der Waals surface area (Å²) in [5, 5.41) is 2.46. The Kier molecular flexibility index (Phi) is 9.99. The van der Waals surface area contributed by atoms with Crippen LogP contribution in [0.2, 0.25) is 0 Å². The van der Waals surface area contributed by atoms with Gasteiger partial charge in [-0.05, 0) is 48.5 Å². The molecule has 0 radical (unpaired) electrons. The number of nitrogens with zero attached hydrogens (tertiary/aromatic N) is 2. The van der Waals surface area contributed by atoms with E-state index >= 15 is 0 Å². The van der Waals surface area contributed by atoms with Gasteiger partial charge in [0.1, 0.15) is 11.3 Å². The number of halogens is 2. The Morgan fingerprint density at radius 3 is 2.20 bits per heavy atom. The van der Waals surface area contributed by atoms with E-state index in [1.54, 1.807) is 6.07 Å². The number of benzene rings is 3. The Morgan fingerprint density at radius 1 is 0.743 bits per heavy atom. The maximum atomic E-state index is 12.3. The van der Waals surface area contributed by atoms with Gasteiger partial charge in [0.2, 0.25) is 0 Å². The van der Waals surface area contributed by atoms with Crippen LogP contribution in [0.15, 0.2) is 82.0 Å². The Morgan fingerprint density at radius 2 is 1.43 bits per heavy atom. The Balaban J connectivity index is 0.00000171. The van der Waals surface area contributed by atoms with Crippen molar-refractivity contribution in [2.75, 3.05) is 39.3 Å². The molecule has 0 saturated carbocycles. The minimum absolute atomic E-state index is 0. The van der Waals surface area contributed by atoms with Gasteiger partial charge >= 0.3 is 5.63 Å². The van der Waals surface area contributed by atoms with Crippen molar-refractivity contribution >= 4 is 46.6 Å². The average Bonchev–Trinajstić information content (AvgIpc) is 2.85. The molecule has 1 aliphatic heterocycles. The van der Waals surface area contributed by atoms with Crippen molar-refractivity contribution < 1.29 is 9.15 Å². The van der Waals surface area contributed by atoms with Gasteiger partial charge in [-0.3, -0.25) is 4.90 Å². The Bertz CT molecular complexity index is 1270. The fourth-order valence-corrected chi connectivity index (χ4v) is 4.59. The minimum atomic E-state index is -0.306. The normalized spacial score (nSPS) is 14.4. The molecule has 4 aromatic rings. The lowest BCUT2D eigenvalue weighted by atomic mass is 10.1. The van der Waals surface area contributed by atoms with E-state index in [2.05, 4.69) is 40.1 Å². The van der Waals surface area contributed by atoms with Crippen LogP contribution in [0, 0.1) is 0 Å². The van der Waals surface area contributed by atoms with Gasteiger partial charge in [0.25, 0.3) is 0 Å². The molecule has 0 bridgehead atoms. The largest absolute Gasteiger partial charge is 0.493 e. The molecule has 1 aromatic heterocycles. The smallest absolute Gasteiger partial charge is 0.344 e. The maximum Gasteiger partial charge on any atom is 0.344 e. The van der Waals surface area contributed by atoms with Crippen LogP contribution in [0.5, 0.6) is 5.75 Å². The molecule has 1 aliphatic rings. The van der Waals surface area contributed by atoms with Crippen LogP contribution in [0.25, 0.3) is 21.7 Å². The first kappa shape index (κ1) is 27.0. The van der Waals surface area contributed by atoms with Crippen molar-refractivity contribution in [1.29, 1.82) is 0 Å². The molecule has 5 nitrogen and oxygen atoms in total. The van der Waals surface area contributed by atoms with Gasteiger partial charge < -0.3 is 14.1 Å². The number of ether oxygens (including phenoxy) is 1. The molecule has 2 heterocycles. The van der Waals surface area contributed by atoms with Gasteiger partial charge in [-0.2, -0.15) is 0 Å². The predicted molar refractivity (Wildman–Crippen MR) is 147 cm³/mol. The summed E-state index contributed by atoms with van der Waals surface area (Å²) in [5.41, 5.74) is 1.66. The van der Waals surface area contributed by atoms with Gasteiger partial charge in [-0.25, -0.2) is 4.79 Å². The monoisotopic (exact) mass is 514 g/mol. The van der Waals surface area contributed by atoms with E-state index in [0.717, 1.165) is 68.6 Å². The number of rotatable bonds is 8. The van der Waals surface area contributed by atoms with Gasteiger partial charge in [-0.15, -0.1) is 24.8 Å². The summed E-state index contributed by atoms with van der Waals surface area (Å²) in [4.78, 5) is 17.3. The van der Waals surface area contributed by atoms with Crippen molar-refractivity contribution in [1.82, 2.24) is 9.80 Å². The van der Waals surface area contributed by atoms with Gasteiger partial charge in [0, 0.05) is 44.2 Å². The zero-order chi connectivity index (χ0) is 22.5. The molecule has 3 aromatic carbocycles. The van der Waals surface area contributed by atoms with E-state index in [-0.39, 0.29) is 30.4 Å². The highest BCUT2D eigenvalue weighted by Gasteiger charge is 2.16. The van der Waals surface area contributed by atoms with Crippen molar-refractivity contribution in [3.63, 3.8) is 0 Å². The third-order valence-electron chi connectivity index (χ3n) is 6.44. The fraction of sp³-hybridized carbons (Fsp3) is 0.321. The van der Waals surface area contributed by atoms with Crippen LogP contribution in [0.3, 0.4) is 0 Å². The van der Waals surface area contributed by atoms with E-state index in [9.17, 15) is 4.79 Å². The highest BCUT2D eigenvalue weighted by molar-refractivity contribution is 6.04. The molecule has 186 valence electrons. The molecular weight excluding hydrogens is 483 g/mol. The summed E-state index contributed by atoms with van der Waals surface area (Å²) in [7, 11) is 0. The zero-order valence-electron chi connectivity index (χ0n) is 19.7. The van der Waals surface area contributed by atoms with Crippen molar-refractivity contribution in [2.45, 2.75) is 19.4 Å². The molecule has 0 amide bonds. The number of hydrogen-bond acceptors (Lipinski definition) is 5. The summed E-state index contributed by atoms with van der Waals surface area (Å²) in [6, 6.07) is 24.0. The van der Waals surface area contributed by atoms with Gasteiger partial charge in [0.15, 0.2) is 0 Å². The summed E-state index contributed by atoms with van der Waals surface area (Å²) < 4.78 is 11.5. The molecular formula is C28H32Cl2N2O3. The Hall–Kier alpha value is -2.57. The van der Waals surface area contributed by atoms with Crippen LogP contribution >= 0.6 is 24.8 Å². The van der Waals surface area contributed by atoms with Gasteiger partial charge in [-0.1, -0.05) is 48.5 Å². The minimum Gasteiger partial charge on any atom is -0.493 e. The van der Waals surface area contributed by atoms with Crippen molar-refractivity contribution in [2.24, 2.45) is 0 Å². The molecule has 7 heteroatoms. The second-order valence-corrected chi connectivity index (χ2v) is 8.75. The third kappa shape index (κ3) is 6.77. The molecule has 35 heavy (non-hydrogen) atoms. The SMILES string of the molecule is Cl.Cl.O=c1oc2cc(OCCCCN3CCN(Cc4ccccc4)CC3)ccc2c2ccccc12. The highest BCUT2D eigenvalue weighted by atomic mass is 35.5. The second kappa shape index (κ2) is 12.9. The lowest BCUT2D eigenvalue weighted by molar-refractivity contribution is 0.124. The summed E-state index contributed by atoms with van der Waals surface area (Å²) in [6.07, 6.45) is 2.12. The number of hydrogen-bond donors (Lipinski definition) is 0. The first-order valence-electron chi connectivity index (χ1n) is 11.8. The predicted octanol–water partition coefficient (Wildman–Crippen LogP) is 5.77. The summed E-state index contributed by atoms with van der Waals surface area (Å²) in [6.45, 7) is 7.34.